The molecule has 1 heterocycles. The van der Waals surface area contributed by atoms with Crippen molar-refractivity contribution in [2.45, 2.75) is 25.9 Å². The molecule has 0 fully saturated rings. The van der Waals surface area contributed by atoms with Crippen LogP contribution in [0, 0.1) is 0 Å². The van der Waals surface area contributed by atoms with Crippen molar-refractivity contribution in [3.05, 3.63) is 35.9 Å². The Morgan fingerprint density at radius 1 is 1.29 bits per heavy atom. The van der Waals surface area contributed by atoms with Crippen LogP contribution in [0.25, 0.3) is 0 Å². The lowest BCUT2D eigenvalue weighted by molar-refractivity contribution is 0.108. The van der Waals surface area contributed by atoms with Crippen molar-refractivity contribution in [1.29, 1.82) is 0 Å². The van der Waals surface area contributed by atoms with E-state index in [9.17, 15) is 0 Å². The van der Waals surface area contributed by atoms with Crippen LogP contribution in [0.4, 0.5) is 0 Å². The fourth-order valence-electron chi connectivity index (χ4n) is 2.01. The molecule has 3 nitrogen and oxygen atoms in total. The number of ether oxygens (including phenoxy) is 1. The Bertz CT molecular complexity index is 362. The van der Waals surface area contributed by atoms with Gasteiger partial charge in [-0.2, -0.15) is 0 Å². The first-order chi connectivity index (χ1) is 8.42. The summed E-state index contributed by atoms with van der Waals surface area (Å²) in [5, 5.41) is 3.39. The number of nitrogens with one attached hydrogen (secondary N) is 1. The maximum atomic E-state index is 5.83. The van der Waals surface area contributed by atoms with Gasteiger partial charge in [0.1, 0.15) is 11.9 Å². The smallest absolute Gasteiger partial charge is 0.139 e. The highest BCUT2D eigenvalue weighted by Crippen LogP contribution is 2.19. The van der Waals surface area contributed by atoms with Crippen LogP contribution in [0.2, 0.25) is 0 Å². The van der Waals surface area contributed by atoms with Crippen molar-refractivity contribution >= 4 is 5.84 Å². The molecule has 2 rings (SSSR count). The van der Waals surface area contributed by atoms with Crippen molar-refractivity contribution < 1.29 is 4.74 Å². The summed E-state index contributed by atoms with van der Waals surface area (Å²) in [5.74, 6) is 0.982. The third-order valence-corrected chi connectivity index (χ3v) is 2.86. The Morgan fingerprint density at radius 2 is 2.12 bits per heavy atom. The largest absolute Gasteiger partial charge is 0.371 e. The Morgan fingerprint density at radius 3 is 2.88 bits per heavy atom. The van der Waals surface area contributed by atoms with E-state index in [1.54, 1.807) is 0 Å². The zero-order valence-corrected chi connectivity index (χ0v) is 10.4. The first kappa shape index (κ1) is 12.1. The van der Waals surface area contributed by atoms with E-state index < -0.39 is 0 Å². The zero-order chi connectivity index (χ0) is 11.9. The molecule has 0 aliphatic carbocycles. The topological polar surface area (TPSA) is 33.6 Å². The van der Waals surface area contributed by atoms with E-state index in [0.717, 1.165) is 25.3 Å². The molecule has 1 aromatic carbocycles. The van der Waals surface area contributed by atoms with Gasteiger partial charge < -0.3 is 10.1 Å². The number of rotatable bonds is 4. The highest BCUT2D eigenvalue weighted by Gasteiger charge is 2.19. The average Bonchev–Trinajstić information content (AvgIpc) is 2.66. The number of hydrogen-bond donors (Lipinski definition) is 1. The second-order valence-electron chi connectivity index (χ2n) is 4.15. The maximum Gasteiger partial charge on any atom is 0.139 e. The monoisotopic (exact) mass is 232 g/mol. The van der Waals surface area contributed by atoms with E-state index in [0.29, 0.717) is 6.61 Å². The van der Waals surface area contributed by atoms with Crippen LogP contribution < -0.4 is 5.32 Å². The standard InChI is InChI=1S/C14H20N2O/c1-2-17-13(12-8-4-3-5-9-12)14-15-10-6-7-11-16-14/h3-5,8-9,13H,2,6-7,10-11H2,1H3,(H,15,16)/t13-/m1/s1. The maximum absolute atomic E-state index is 5.83. The van der Waals surface area contributed by atoms with E-state index in [4.69, 9.17) is 4.74 Å². The Kier molecular flexibility index (Phi) is 4.56. The summed E-state index contributed by atoms with van der Waals surface area (Å²) in [6.45, 7) is 4.61. The molecule has 0 saturated heterocycles. The summed E-state index contributed by atoms with van der Waals surface area (Å²) >= 11 is 0. The average molecular weight is 232 g/mol. The second-order valence-corrected chi connectivity index (χ2v) is 4.15. The van der Waals surface area contributed by atoms with Crippen molar-refractivity contribution in [2.75, 3.05) is 19.7 Å². The van der Waals surface area contributed by atoms with Crippen LogP contribution in [-0.2, 0) is 4.74 Å². The Hall–Kier alpha value is -1.35. The Labute approximate surface area is 103 Å². The molecule has 92 valence electrons. The van der Waals surface area contributed by atoms with Gasteiger partial charge >= 0.3 is 0 Å². The molecule has 1 aliphatic rings. The predicted molar refractivity (Wildman–Crippen MR) is 70.3 cm³/mol. The molecule has 0 bridgehead atoms. The summed E-state index contributed by atoms with van der Waals surface area (Å²) in [6, 6.07) is 10.3. The fraction of sp³-hybridized carbons (Fsp3) is 0.500. The van der Waals surface area contributed by atoms with E-state index in [1.165, 1.54) is 12.0 Å². The van der Waals surface area contributed by atoms with Gasteiger partial charge in [-0.3, -0.25) is 4.99 Å². The third-order valence-electron chi connectivity index (χ3n) is 2.86. The third kappa shape index (κ3) is 3.30. The summed E-state index contributed by atoms with van der Waals surface area (Å²) < 4.78 is 5.83. The zero-order valence-electron chi connectivity index (χ0n) is 10.4. The molecule has 0 unspecified atom stereocenters. The van der Waals surface area contributed by atoms with Crippen molar-refractivity contribution in [2.24, 2.45) is 4.99 Å². The van der Waals surface area contributed by atoms with Gasteiger partial charge in [0.2, 0.25) is 0 Å². The number of hydrogen-bond acceptors (Lipinski definition) is 3. The summed E-state index contributed by atoms with van der Waals surface area (Å²) in [5.41, 5.74) is 1.17. The minimum Gasteiger partial charge on any atom is -0.371 e. The minimum atomic E-state index is -0.0423. The molecular weight excluding hydrogens is 212 g/mol. The molecule has 1 aromatic rings. The van der Waals surface area contributed by atoms with Gasteiger partial charge in [0.15, 0.2) is 0 Å². The first-order valence-corrected chi connectivity index (χ1v) is 6.36. The normalized spacial score (nSPS) is 17.8. The SMILES string of the molecule is CCO[C@@H](C1=NCCCCN1)c1ccccc1. The van der Waals surface area contributed by atoms with Crippen molar-refractivity contribution in [3.63, 3.8) is 0 Å². The molecule has 0 spiro atoms. The molecule has 1 aliphatic heterocycles. The summed E-state index contributed by atoms with van der Waals surface area (Å²) in [6.07, 6.45) is 2.30. The van der Waals surface area contributed by atoms with Gasteiger partial charge in [-0.15, -0.1) is 0 Å². The van der Waals surface area contributed by atoms with Crippen molar-refractivity contribution in [3.8, 4) is 0 Å². The lowest BCUT2D eigenvalue weighted by Crippen LogP contribution is -2.31. The number of nitrogens with zero attached hydrogens (tertiary/aromatic N) is 1. The summed E-state index contributed by atoms with van der Waals surface area (Å²) in [4.78, 5) is 4.60. The highest BCUT2D eigenvalue weighted by molar-refractivity contribution is 5.87. The van der Waals surface area contributed by atoms with Crippen LogP contribution in [0.3, 0.4) is 0 Å². The molecule has 1 N–H and O–H groups in total. The minimum absolute atomic E-state index is 0.0423. The lowest BCUT2D eigenvalue weighted by Gasteiger charge is -2.20. The molecule has 0 amide bonds. The Balaban J connectivity index is 2.19. The summed E-state index contributed by atoms with van der Waals surface area (Å²) in [7, 11) is 0. The number of amidine groups is 1. The molecule has 17 heavy (non-hydrogen) atoms. The van der Waals surface area contributed by atoms with Crippen molar-refractivity contribution in [1.82, 2.24) is 5.32 Å². The van der Waals surface area contributed by atoms with Gasteiger partial charge in [0.05, 0.1) is 0 Å². The quantitative estimate of drug-likeness (QED) is 0.865. The molecule has 1 atom stereocenters. The van der Waals surface area contributed by atoms with Crippen LogP contribution in [-0.4, -0.2) is 25.5 Å². The highest BCUT2D eigenvalue weighted by atomic mass is 16.5. The van der Waals surface area contributed by atoms with Crippen LogP contribution in [0.1, 0.15) is 31.4 Å². The van der Waals surface area contributed by atoms with Crippen LogP contribution >= 0.6 is 0 Å². The fourth-order valence-corrected chi connectivity index (χ4v) is 2.01. The van der Waals surface area contributed by atoms with E-state index in [2.05, 4.69) is 22.4 Å². The van der Waals surface area contributed by atoms with Gasteiger partial charge in [0.25, 0.3) is 0 Å². The van der Waals surface area contributed by atoms with Gasteiger partial charge in [0, 0.05) is 19.7 Å². The number of benzene rings is 1. The second kappa shape index (κ2) is 6.40. The van der Waals surface area contributed by atoms with Crippen LogP contribution in [0.15, 0.2) is 35.3 Å². The van der Waals surface area contributed by atoms with E-state index in [-0.39, 0.29) is 6.10 Å². The molecular formula is C14H20N2O. The van der Waals surface area contributed by atoms with E-state index >= 15 is 0 Å². The first-order valence-electron chi connectivity index (χ1n) is 6.36. The lowest BCUT2D eigenvalue weighted by atomic mass is 10.1. The molecule has 3 heteroatoms. The van der Waals surface area contributed by atoms with Gasteiger partial charge in [-0.1, -0.05) is 30.3 Å². The van der Waals surface area contributed by atoms with Gasteiger partial charge in [-0.25, -0.2) is 0 Å². The van der Waals surface area contributed by atoms with Crippen LogP contribution in [0.5, 0.6) is 0 Å². The van der Waals surface area contributed by atoms with Gasteiger partial charge in [-0.05, 0) is 25.3 Å². The molecule has 0 saturated carbocycles. The number of aliphatic imine (C=N–C) groups is 1. The van der Waals surface area contributed by atoms with E-state index in [1.807, 2.05) is 25.1 Å². The molecule has 0 radical (unpaired) electrons. The molecule has 0 aromatic heterocycles. The predicted octanol–water partition coefficient (Wildman–Crippen LogP) is 2.55.